The Balaban J connectivity index is 0.951. The minimum Gasteiger partial charge on any atom is -0.368 e. The van der Waals surface area contributed by atoms with Crippen LogP contribution in [0.4, 0.5) is 0 Å². The molecule has 3 heterocycles. The number of ether oxygens (including phenoxy) is 1. The van der Waals surface area contributed by atoms with Gasteiger partial charge in [-0.25, -0.2) is 10.9 Å². The molecule has 4 N–H and O–H groups in total. The molecule has 3 saturated heterocycles. The summed E-state index contributed by atoms with van der Waals surface area (Å²) in [5, 5.41) is 2.63. The number of carbonyl (C=O) groups is 1. The fourth-order valence-corrected chi connectivity index (χ4v) is 7.86. The lowest BCUT2D eigenvalue weighted by Gasteiger charge is -2.36. The quantitative estimate of drug-likeness (QED) is 0.519. The summed E-state index contributed by atoms with van der Waals surface area (Å²) in [6.45, 7) is 2.65. The summed E-state index contributed by atoms with van der Waals surface area (Å²) in [7, 11) is 0. The Morgan fingerprint density at radius 2 is 1.78 bits per heavy atom. The molecular weight excluding hydrogens is 450 g/mol. The lowest BCUT2D eigenvalue weighted by Crippen LogP contribution is -2.44. The maximum Gasteiger partial charge on any atom is 0.251 e. The predicted molar refractivity (Wildman–Crippen MR) is 139 cm³/mol. The molecule has 36 heavy (non-hydrogen) atoms. The Hall–Kier alpha value is -2.03. The first kappa shape index (κ1) is 23.1. The molecule has 7 rings (SSSR count). The van der Waals surface area contributed by atoms with E-state index in [9.17, 15) is 4.79 Å². The number of rotatable bonds is 4. The zero-order chi connectivity index (χ0) is 24.1. The fraction of sp³-hybridized carbons (Fsp3) is 0.621. The van der Waals surface area contributed by atoms with E-state index in [4.69, 9.17) is 4.74 Å². The topological polar surface area (TPSA) is 77.7 Å². The number of nitrogens with zero attached hydrogens (tertiary/aromatic N) is 1. The third-order valence-electron chi connectivity index (χ3n) is 10.1. The molecule has 3 aliphatic heterocycles. The van der Waals surface area contributed by atoms with E-state index in [1.54, 1.807) is 0 Å². The molecule has 2 atom stereocenters. The maximum atomic E-state index is 12.7. The van der Waals surface area contributed by atoms with Crippen molar-refractivity contribution in [2.24, 2.45) is 17.3 Å². The van der Waals surface area contributed by atoms with Gasteiger partial charge in [-0.05, 0) is 103 Å². The normalized spacial score (nSPS) is 32.4. The lowest BCUT2D eigenvalue weighted by atomic mass is 9.74. The summed E-state index contributed by atoms with van der Waals surface area (Å²) < 4.78 is 5.65. The van der Waals surface area contributed by atoms with Gasteiger partial charge in [-0.2, -0.15) is 11.1 Å². The van der Waals surface area contributed by atoms with Crippen LogP contribution in [0.2, 0.25) is 0 Å². The summed E-state index contributed by atoms with van der Waals surface area (Å²) in [6.07, 6.45) is 11.0. The second kappa shape index (κ2) is 9.37. The van der Waals surface area contributed by atoms with Gasteiger partial charge in [0.2, 0.25) is 0 Å². The number of hydrazine groups is 3. The van der Waals surface area contributed by atoms with E-state index in [2.05, 4.69) is 63.2 Å². The number of fused-ring (bicyclic) bond motifs is 1. The van der Waals surface area contributed by atoms with Gasteiger partial charge >= 0.3 is 0 Å². The van der Waals surface area contributed by atoms with E-state index >= 15 is 0 Å². The lowest BCUT2D eigenvalue weighted by molar-refractivity contribution is -0.142. The van der Waals surface area contributed by atoms with E-state index in [-0.39, 0.29) is 18.2 Å². The standard InChI is InChI=1S/C29H39N5O2/c35-28(26-5-2-16-36-26)34-14-12-29(13-15-34)18-25(29)20-8-6-19(7-9-20)21-10-11-23-22(17-21)3-1-4-24(23)27-30-32-33-31-27/h1,3-4,10-11,17,19-20,25-27,30-33H,2,5-9,12-16,18H2/t19?,20?,25-,26-/m1/s1. The Morgan fingerprint density at radius 3 is 2.53 bits per heavy atom. The van der Waals surface area contributed by atoms with Gasteiger partial charge in [-0.1, -0.05) is 36.4 Å². The first-order valence-corrected chi connectivity index (χ1v) is 14.1. The number of hydrogen-bond donors (Lipinski definition) is 4. The van der Waals surface area contributed by atoms with Gasteiger partial charge in [-0.15, -0.1) is 0 Å². The fourth-order valence-electron chi connectivity index (χ4n) is 7.86. The number of piperidine rings is 1. The van der Waals surface area contributed by atoms with Crippen molar-refractivity contribution in [3.05, 3.63) is 47.5 Å². The zero-order valence-corrected chi connectivity index (χ0v) is 21.1. The molecule has 0 aromatic heterocycles. The molecule has 1 amide bonds. The third kappa shape index (κ3) is 4.15. The monoisotopic (exact) mass is 489 g/mol. The molecule has 7 nitrogen and oxygen atoms in total. The number of nitrogens with one attached hydrogen (secondary N) is 4. The third-order valence-corrected chi connectivity index (χ3v) is 10.1. The van der Waals surface area contributed by atoms with E-state index in [1.807, 2.05) is 0 Å². The van der Waals surface area contributed by atoms with Crippen LogP contribution in [0.5, 0.6) is 0 Å². The highest BCUT2D eigenvalue weighted by molar-refractivity contribution is 5.87. The molecule has 5 fully saturated rings. The van der Waals surface area contributed by atoms with Crippen molar-refractivity contribution in [2.45, 2.75) is 76.0 Å². The van der Waals surface area contributed by atoms with Crippen LogP contribution in [-0.4, -0.2) is 36.6 Å². The second-order valence-electron chi connectivity index (χ2n) is 11.9. The van der Waals surface area contributed by atoms with Crippen molar-refractivity contribution in [3.63, 3.8) is 0 Å². The maximum absolute atomic E-state index is 12.7. The molecular formula is C29H39N5O2. The Bertz CT molecular complexity index is 1110. The van der Waals surface area contributed by atoms with Crippen molar-refractivity contribution in [3.8, 4) is 0 Å². The van der Waals surface area contributed by atoms with Crippen molar-refractivity contribution < 1.29 is 9.53 Å². The molecule has 5 aliphatic rings. The first-order chi connectivity index (χ1) is 17.7. The van der Waals surface area contributed by atoms with E-state index in [1.165, 1.54) is 66.8 Å². The molecule has 1 spiro atoms. The molecule has 192 valence electrons. The van der Waals surface area contributed by atoms with Gasteiger partial charge in [0, 0.05) is 19.7 Å². The molecule has 7 heteroatoms. The van der Waals surface area contributed by atoms with Gasteiger partial charge in [0.05, 0.1) is 0 Å². The van der Waals surface area contributed by atoms with Crippen LogP contribution in [0.15, 0.2) is 36.4 Å². The van der Waals surface area contributed by atoms with Crippen LogP contribution in [-0.2, 0) is 9.53 Å². The number of benzene rings is 2. The van der Waals surface area contributed by atoms with Crippen LogP contribution in [0.1, 0.15) is 81.0 Å². The summed E-state index contributed by atoms with van der Waals surface area (Å²) in [4.78, 5) is 14.8. The first-order valence-electron chi connectivity index (χ1n) is 14.1. The van der Waals surface area contributed by atoms with Crippen LogP contribution in [0, 0.1) is 17.3 Å². The molecule has 2 aromatic carbocycles. The molecule has 2 aliphatic carbocycles. The van der Waals surface area contributed by atoms with Crippen LogP contribution in [0.3, 0.4) is 0 Å². The average Bonchev–Trinajstić information content (AvgIpc) is 3.35. The summed E-state index contributed by atoms with van der Waals surface area (Å²) in [6, 6.07) is 13.7. The van der Waals surface area contributed by atoms with Crippen LogP contribution >= 0.6 is 0 Å². The number of likely N-dealkylation sites (tertiary alicyclic amines) is 1. The van der Waals surface area contributed by atoms with E-state index in [0.29, 0.717) is 11.3 Å². The molecule has 0 unspecified atom stereocenters. The SMILES string of the molecule is O=C([C@H]1CCCO1)N1CCC2(CC1)C[C@@H]2C1CCC(c2ccc3c(C4NNNN4)cccc3c2)CC1. The second-order valence-corrected chi connectivity index (χ2v) is 11.9. The van der Waals surface area contributed by atoms with Gasteiger partial charge in [0.15, 0.2) is 0 Å². The smallest absolute Gasteiger partial charge is 0.251 e. The summed E-state index contributed by atoms with van der Waals surface area (Å²) >= 11 is 0. The molecule has 0 bridgehead atoms. The van der Waals surface area contributed by atoms with Crippen molar-refractivity contribution in [1.82, 2.24) is 26.8 Å². The zero-order valence-electron chi connectivity index (χ0n) is 21.1. The number of amides is 1. The van der Waals surface area contributed by atoms with Crippen LogP contribution in [0.25, 0.3) is 10.8 Å². The minimum atomic E-state index is -0.156. The molecule has 0 radical (unpaired) electrons. The van der Waals surface area contributed by atoms with Crippen LogP contribution < -0.4 is 21.9 Å². The summed E-state index contributed by atoms with van der Waals surface area (Å²) in [5.41, 5.74) is 15.6. The predicted octanol–water partition coefficient (Wildman–Crippen LogP) is 4.04. The van der Waals surface area contributed by atoms with Crippen molar-refractivity contribution in [2.75, 3.05) is 19.7 Å². The largest absolute Gasteiger partial charge is 0.368 e. The number of hydrogen-bond acceptors (Lipinski definition) is 6. The average molecular weight is 490 g/mol. The summed E-state index contributed by atoms with van der Waals surface area (Å²) in [5.74, 6) is 2.71. The van der Waals surface area contributed by atoms with E-state index < -0.39 is 0 Å². The van der Waals surface area contributed by atoms with Gasteiger partial charge in [-0.3, -0.25) is 4.79 Å². The van der Waals surface area contributed by atoms with Crippen molar-refractivity contribution >= 4 is 16.7 Å². The molecule has 2 saturated carbocycles. The highest BCUT2D eigenvalue weighted by Crippen LogP contribution is 2.65. The minimum absolute atomic E-state index is 0.0573. The Kier molecular flexibility index (Phi) is 6.02. The Morgan fingerprint density at radius 1 is 0.972 bits per heavy atom. The van der Waals surface area contributed by atoms with Gasteiger partial charge in [0.1, 0.15) is 12.3 Å². The number of carbonyl (C=O) groups excluding carboxylic acids is 1. The molecule has 2 aromatic rings. The highest BCUT2D eigenvalue weighted by atomic mass is 16.5. The Labute approximate surface area is 213 Å². The highest BCUT2D eigenvalue weighted by Gasteiger charge is 2.58. The van der Waals surface area contributed by atoms with E-state index in [0.717, 1.165) is 44.4 Å². The van der Waals surface area contributed by atoms with Gasteiger partial charge < -0.3 is 9.64 Å². The van der Waals surface area contributed by atoms with Gasteiger partial charge in [0.25, 0.3) is 5.91 Å². The van der Waals surface area contributed by atoms with Crippen molar-refractivity contribution in [1.29, 1.82) is 0 Å².